The van der Waals surface area contributed by atoms with Crippen LogP contribution in [0.15, 0.2) is 59.9 Å². The Labute approximate surface area is 186 Å². The number of hydrogen-bond donors (Lipinski definition) is 1. The van der Waals surface area contributed by atoms with Crippen molar-refractivity contribution in [2.45, 2.75) is 24.8 Å². The van der Waals surface area contributed by atoms with E-state index in [0.717, 1.165) is 11.2 Å². The summed E-state index contributed by atoms with van der Waals surface area (Å²) in [4.78, 5) is 30.1. The molecule has 1 aliphatic heterocycles. The van der Waals surface area contributed by atoms with Crippen LogP contribution in [0.3, 0.4) is 0 Å². The Bertz CT molecular complexity index is 1240. The summed E-state index contributed by atoms with van der Waals surface area (Å²) in [6, 6.07) is 10.00. The number of aromatic nitrogens is 2. The third-order valence-corrected chi connectivity index (χ3v) is 7.48. The second-order valence-electron chi connectivity index (χ2n) is 7.70. The highest BCUT2D eigenvalue weighted by Crippen LogP contribution is 2.19. The van der Waals surface area contributed by atoms with Crippen LogP contribution in [0.25, 0.3) is 5.65 Å². The van der Waals surface area contributed by atoms with Gasteiger partial charge >= 0.3 is 0 Å². The molecule has 1 aliphatic rings. The Morgan fingerprint density at radius 2 is 1.81 bits per heavy atom. The summed E-state index contributed by atoms with van der Waals surface area (Å²) in [5, 5.41) is 2.85. The minimum atomic E-state index is -3.64. The fraction of sp³-hybridized carbons (Fsp3) is 0.318. The van der Waals surface area contributed by atoms with Crippen molar-refractivity contribution in [3.05, 3.63) is 66.1 Å². The van der Waals surface area contributed by atoms with E-state index < -0.39 is 10.0 Å². The van der Waals surface area contributed by atoms with Gasteiger partial charge in [0.2, 0.25) is 15.9 Å². The van der Waals surface area contributed by atoms with Crippen LogP contribution < -0.4 is 5.32 Å². The first-order chi connectivity index (χ1) is 15.3. The number of carbonyl (C=O) groups excluding carboxylic acids is 2. The van der Waals surface area contributed by atoms with Crippen LogP contribution in [0, 0.1) is 0 Å². The second kappa shape index (κ2) is 9.09. The zero-order valence-electron chi connectivity index (χ0n) is 17.8. The van der Waals surface area contributed by atoms with Crippen molar-refractivity contribution >= 4 is 27.5 Å². The molecule has 0 atom stereocenters. The van der Waals surface area contributed by atoms with Crippen molar-refractivity contribution in [1.82, 2.24) is 23.9 Å². The molecule has 1 saturated heterocycles. The number of rotatable bonds is 5. The third kappa shape index (κ3) is 4.66. The molecule has 32 heavy (non-hydrogen) atoms. The van der Waals surface area contributed by atoms with Gasteiger partial charge in [-0.05, 0) is 36.2 Å². The minimum absolute atomic E-state index is 0.0411. The first-order valence-electron chi connectivity index (χ1n) is 10.4. The summed E-state index contributed by atoms with van der Waals surface area (Å²) in [6.07, 6.45) is 5.75. The number of pyridine rings is 1. The Hall–Kier alpha value is -3.24. The molecule has 3 heterocycles. The topological polar surface area (TPSA) is 104 Å². The Kier molecular flexibility index (Phi) is 6.24. The second-order valence-corrected chi connectivity index (χ2v) is 9.64. The highest BCUT2D eigenvalue weighted by atomic mass is 32.2. The van der Waals surface area contributed by atoms with Gasteiger partial charge in [-0.1, -0.05) is 12.1 Å². The maximum atomic E-state index is 13.0. The van der Waals surface area contributed by atoms with Gasteiger partial charge < -0.3 is 14.6 Å². The fourth-order valence-electron chi connectivity index (χ4n) is 3.72. The molecule has 0 aliphatic carbocycles. The van der Waals surface area contributed by atoms with Crippen molar-refractivity contribution in [3.8, 4) is 0 Å². The molecule has 1 aromatic carbocycles. The number of nitrogens with one attached hydrogen (secondary N) is 1. The minimum Gasteiger partial charge on any atom is -0.348 e. The molecule has 4 rings (SSSR count). The zero-order chi connectivity index (χ0) is 22.7. The maximum Gasteiger partial charge on any atom is 0.253 e. The number of hydrogen-bond acceptors (Lipinski definition) is 5. The lowest BCUT2D eigenvalue weighted by atomic mass is 10.2. The Balaban J connectivity index is 1.38. The molecule has 0 saturated carbocycles. The summed E-state index contributed by atoms with van der Waals surface area (Å²) in [7, 11) is -3.64. The van der Waals surface area contributed by atoms with Gasteiger partial charge in [0.05, 0.1) is 10.5 Å². The largest absolute Gasteiger partial charge is 0.348 e. The van der Waals surface area contributed by atoms with Crippen molar-refractivity contribution in [1.29, 1.82) is 0 Å². The number of imidazole rings is 1. The smallest absolute Gasteiger partial charge is 0.253 e. The molecule has 168 valence electrons. The molecule has 0 radical (unpaired) electrons. The van der Waals surface area contributed by atoms with Gasteiger partial charge in [-0.2, -0.15) is 4.31 Å². The molecule has 0 bridgehead atoms. The van der Waals surface area contributed by atoms with E-state index in [4.69, 9.17) is 0 Å². The first-order valence-corrected chi connectivity index (χ1v) is 11.8. The van der Waals surface area contributed by atoms with Crippen LogP contribution in [-0.4, -0.2) is 65.0 Å². The van der Waals surface area contributed by atoms with Crippen LogP contribution in [-0.2, 0) is 21.4 Å². The van der Waals surface area contributed by atoms with Crippen LogP contribution in [0.4, 0.5) is 0 Å². The summed E-state index contributed by atoms with van der Waals surface area (Å²) in [5.74, 6) is -0.266. The predicted molar refractivity (Wildman–Crippen MR) is 118 cm³/mol. The van der Waals surface area contributed by atoms with Crippen molar-refractivity contribution in [2.24, 2.45) is 0 Å². The summed E-state index contributed by atoms with van der Waals surface area (Å²) in [5.41, 5.74) is 2.06. The van der Waals surface area contributed by atoms with E-state index in [-0.39, 0.29) is 29.8 Å². The quantitative estimate of drug-likeness (QED) is 0.628. The van der Waals surface area contributed by atoms with Gasteiger partial charge in [-0.3, -0.25) is 9.59 Å². The van der Waals surface area contributed by atoms with Crippen molar-refractivity contribution in [2.75, 3.05) is 26.2 Å². The van der Waals surface area contributed by atoms with E-state index in [1.54, 1.807) is 64.3 Å². The number of sulfonamides is 1. The lowest BCUT2D eigenvalue weighted by molar-refractivity contribution is -0.128. The summed E-state index contributed by atoms with van der Waals surface area (Å²) >= 11 is 0. The lowest BCUT2D eigenvalue weighted by Gasteiger charge is -2.21. The van der Waals surface area contributed by atoms with E-state index in [2.05, 4.69) is 10.3 Å². The summed E-state index contributed by atoms with van der Waals surface area (Å²) < 4.78 is 29.2. The number of amides is 2. The SMILES string of the molecule is CC(=O)N1CCCN(S(=O)(=O)c2ccc(CNC(=O)c3ccc4nccn4c3)cc2)CC1. The fourth-order valence-corrected chi connectivity index (χ4v) is 5.19. The van der Waals surface area contributed by atoms with Crippen LogP contribution in [0.2, 0.25) is 0 Å². The van der Waals surface area contributed by atoms with E-state index >= 15 is 0 Å². The molecule has 10 heteroatoms. The van der Waals surface area contributed by atoms with E-state index in [1.807, 2.05) is 0 Å². The number of carbonyl (C=O) groups is 2. The number of fused-ring (bicyclic) bond motifs is 1. The van der Waals surface area contributed by atoms with Crippen LogP contribution in [0.1, 0.15) is 29.3 Å². The van der Waals surface area contributed by atoms with Crippen molar-refractivity contribution in [3.63, 3.8) is 0 Å². The van der Waals surface area contributed by atoms with Gasteiger partial charge in [0.1, 0.15) is 5.65 Å². The lowest BCUT2D eigenvalue weighted by Crippen LogP contribution is -2.36. The monoisotopic (exact) mass is 455 g/mol. The molecule has 3 aromatic rings. The standard InChI is InChI=1S/C22H25N5O4S/c1-17(28)25-10-2-11-27(14-13-25)32(30,31)20-6-3-18(4-7-20)15-24-22(29)19-5-8-21-23-9-12-26(21)16-19/h3-9,12,16H,2,10-11,13-15H2,1H3,(H,24,29). The first kappa shape index (κ1) is 22.0. The van der Waals surface area contributed by atoms with Crippen LogP contribution in [0.5, 0.6) is 0 Å². The maximum absolute atomic E-state index is 13.0. The van der Waals surface area contributed by atoms with Gasteiger partial charge in [0.25, 0.3) is 5.91 Å². The molecule has 9 nitrogen and oxygen atoms in total. The normalized spacial score (nSPS) is 15.5. The van der Waals surface area contributed by atoms with Gasteiger partial charge in [-0.25, -0.2) is 13.4 Å². The van der Waals surface area contributed by atoms with E-state index in [1.165, 1.54) is 11.2 Å². The van der Waals surface area contributed by atoms with E-state index in [0.29, 0.717) is 31.6 Å². The average Bonchev–Trinajstić information content (AvgIpc) is 3.10. The molecule has 1 fully saturated rings. The Morgan fingerprint density at radius 1 is 1.03 bits per heavy atom. The van der Waals surface area contributed by atoms with Crippen LogP contribution >= 0.6 is 0 Å². The molecular weight excluding hydrogens is 430 g/mol. The molecular formula is C22H25N5O4S. The van der Waals surface area contributed by atoms with E-state index in [9.17, 15) is 18.0 Å². The third-order valence-electron chi connectivity index (χ3n) is 5.57. The predicted octanol–water partition coefficient (Wildman–Crippen LogP) is 1.51. The number of benzene rings is 1. The molecule has 2 aromatic heterocycles. The van der Waals surface area contributed by atoms with Gasteiger partial charge in [0, 0.05) is 58.2 Å². The van der Waals surface area contributed by atoms with Crippen molar-refractivity contribution < 1.29 is 18.0 Å². The van der Waals surface area contributed by atoms with Gasteiger partial charge in [0.15, 0.2) is 0 Å². The Morgan fingerprint density at radius 3 is 2.56 bits per heavy atom. The summed E-state index contributed by atoms with van der Waals surface area (Å²) in [6.45, 7) is 3.39. The van der Waals surface area contributed by atoms with Gasteiger partial charge in [-0.15, -0.1) is 0 Å². The average molecular weight is 456 g/mol. The highest BCUT2D eigenvalue weighted by molar-refractivity contribution is 7.89. The molecule has 0 spiro atoms. The molecule has 1 N–H and O–H groups in total. The number of nitrogens with zero attached hydrogens (tertiary/aromatic N) is 4. The molecule has 2 amide bonds. The molecule has 0 unspecified atom stereocenters. The highest BCUT2D eigenvalue weighted by Gasteiger charge is 2.27. The zero-order valence-corrected chi connectivity index (χ0v) is 18.6.